The predicted octanol–water partition coefficient (Wildman–Crippen LogP) is 7.65. The highest BCUT2D eigenvalue weighted by atomic mass is 16.5. The molecule has 0 heterocycles. The van der Waals surface area contributed by atoms with Crippen LogP contribution in [0.1, 0.15) is 36.8 Å². The molecule has 1 aliphatic carbocycles. The fourth-order valence-corrected chi connectivity index (χ4v) is 4.96. The van der Waals surface area contributed by atoms with Crippen LogP contribution in [0.2, 0.25) is 0 Å². The molecule has 0 radical (unpaired) electrons. The molecule has 1 aliphatic rings. The number of carbonyl (C=O) groups is 1. The number of rotatable bonds is 10. The maximum Gasteiger partial charge on any atom is 0.305 e. The summed E-state index contributed by atoms with van der Waals surface area (Å²) in [4.78, 5) is 14.9. The molecule has 0 amide bonds. The molecular weight excluding hydrogens is 472 g/mol. The quantitative estimate of drug-likeness (QED) is 0.137. The number of nitrogens with zero attached hydrogens (tertiary/aromatic N) is 3. The molecule has 4 aromatic rings. The van der Waals surface area contributed by atoms with Gasteiger partial charge in [0.2, 0.25) is 0 Å². The molecule has 0 unspecified atom stereocenters. The Balaban J connectivity index is 1.11. The molecule has 0 saturated heterocycles. The summed E-state index contributed by atoms with van der Waals surface area (Å²) < 4.78 is 5.76. The number of hydrogen-bond acceptors (Lipinski definition) is 6. The van der Waals surface area contributed by atoms with E-state index in [-0.39, 0.29) is 11.9 Å². The van der Waals surface area contributed by atoms with Gasteiger partial charge in [0.1, 0.15) is 6.61 Å². The van der Waals surface area contributed by atoms with Crippen LogP contribution in [-0.4, -0.2) is 25.7 Å². The van der Waals surface area contributed by atoms with Crippen molar-refractivity contribution in [1.82, 2.24) is 0 Å². The maximum absolute atomic E-state index is 12.6. The second kappa shape index (κ2) is 11.7. The average molecular weight is 505 g/mol. The van der Waals surface area contributed by atoms with E-state index in [0.29, 0.717) is 18.7 Å². The maximum atomic E-state index is 12.6. The Morgan fingerprint density at radius 1 is 0.816 bits per heavy atom. The first-order valence-corrected chi connectivity index (χ1v) is 13.1. The van der Waals surface area contributed by atoms with Crippen LogP contribution in [-0.2, 0) is 9.53 Å². The lowest BCUT2D eigenvalue weighted by Gasteiger charge is -2.23. The SMILES string of the molecule is CCN(CCCC(=O)OCC1c2ccccc2-c2ccccc21)c1ccc(N=Nc2ccc(N)cc2)cc1. The van der Waals surface area contributed by atoms with Crippen molar-refractivity contribution in [2.45, 2.75) is 25.7 Å². The van der Waals surface area contributed by atoms with Crippen LogP contribution in [0.4, 0.5) is 22.7 Å². The fraction of sp³-hybridized carbons (Fsp3) is 0.219. The van der Waals surface area contributed by atoms with Crippen LogP contribution in [0.3, 0.4) is 0 Å². The van der Waals surface area contributed by atoms with Gasteiger partial charge in [-0.25, -0.2) is 0 Å². The van der Waals surface area contributed by atoms with E-state index in [9.17, 15) is 4.79 Å². The Kier molecular flexibility index (Phi) is 7.78. The minimum absolute atomic E-state index is 0.0918. The lowest BCUT2D eigenvalue weighted by Crippen LogP contribution is -2.24. The van der Waals surface area contributed by atoms with Gasteiger partial charge < -0.3 is 15.4 Å². The van der Waals surface area contributed by atoms with E-state index in [2.05, 4.69) is 58.5 Å². The molecule has 0 spiro atoms. The van der Waals surface area contributed by atoms with Crippen LogP contribution < -0.4 is 10.6 Å². The molecule has 5 rings (SSSR count). The number of ether oxygens (including phenoxy) is 1. The number of nitrogen functional groups attached to an aromatic ring is 1. The normalized spacial score (nSPS) is 12.3. The van der Waals surface area contributed by atoms with Gasteiger partial charge in [0.05, 0.1) is 11.4 Å². The second-order valence-corrected chi connectivity index (χ2v) is 9.40. The summed E-state index contributed by atoms with van der Waals surface area (Å²) in [5.74, 6) is -0.0597. The summed E-state index contributed by atoms with van der Waals surface area (Å²) in [6.07, 6.45) is 1.11. The number of esters is 1. The van der Waals surface area contributed by atoms with E-state index >= 15 is 0 Å². The van der Waals surface area contributed by atoms with Crippen molar-refractivity contribution in [1.29, 1.82) is 0 Å². The van der Waals surface area contributed by atoms with E-state index in [4.69, 9.17) is 10.5 Å². The molecule has 0 aromatic heterocycles. The van der Waals surface area contributed by atoms with Gasteiger partial charge in [0, 0.05) is 36.8 Å². The third-order valence-electron chi connectivity index (χ3n) is 6.95. The highest BCUT2D eigenvalue weighted by Gasteiger charge is 2.28. The predicted molar refractivity (Wildman–Crippen MR) is 153 cm³/mol. The van der Waals surface area contributed by atoms with Crippen molar-refractivity contribution in [2.24, 2.45) is 10.2 Å². The Morgan fingerprint density at radius 3 is 1.95 bits per heavy atom. The Hall–Kier alpha value is -4.45. The molecule has 38 heavy (non-hydrogen) atoms. The number of benzene rings is 4. The summed E-state index contributed by atoms with van der Waals surface area (Å²) in [6, 6.07) is 32.0. The molecule has 192 valence electrons. The van der Waals surface area contributed by atoms with Crippen LogP contribution in [0, 0.1) is 0 Å². The van der Waals surface area contributed by atoms with E-state index in [1.165, 1.54) is 22.3 Å². The molecule has 0 aliphatic heterocycles. The Labute approximate surface area is 223 Å². The van der Waals surface area contributed by atoms with Gasteiger partial charge >= 0.3 is 5.97 Å². The van der Waals surface area contributed by atoms with E-state index < -0.39 is 0 Å². The highest BCUT2D eigenvalue weighted by Crippen LogP contribution is 2.44. The van der Waals surface area contributed by atoms with Crippen molar-refractivity contribution in [3.63, 3.8) is 0 Å². The van der Waals surface area contributed by atoms with Crippen LogP contribution in [0.25, 0.3) is 11.1 Å². The van der Waals surface area contributed by atoms with Gasteiger partial charge in [-0.2, -0.15) is 10.2 Å². The van der Waals surface area contributed by atoms with Crippen LogP contribution in [0.5, 0.6) is 0 Å². The van der Waals surface area contributed by atoms with Crippen molar-refractivity contribution in [2.75, 3.05) is 30.3 Å². The topological polar surface area (TPSA) is 80.3 Å². The van der Waals surface area contributed by atoms with Crippen molar-refractivity contribution >= 4 is 28.7 Å². The average Bonchev–Trinajstić information content (AvgIpc) is 3.28. The molecule has 2 N–H and O–H groups in total. The Morgan fingerprint density at radius 2 is 1.37 bits per heavy atom. The molecule has 4 aromatic carbocycles. The summed E-state index contributed by atoms with van der Waals surface area (Å²) >= 11 is 0. The zero-order valence-electron chi connectivity index (χ0n) is 21.6. The summed E-state index contributed by atoms with van der Waals surface area (Å²) in [5.41, 5.74) is 14.0. The zero-order valence-corrected chi connectivity index (χ0v) is 21.6. The molecular formula is C32H32N4O2. The van der Waals surface area contributed by atoms with E-state index in [1.54, 1.807) is 12.1 Å². The number of carbonyl (C=O) groups excluding carboxylic acids is 1. The van der Waals surface area contributed by atoms with Crippen molar-refractivity contribution < 1.29 is 9.53 Å². The number of nitrogens with two attached hydrogens (primary N) is 1. The monoisotopic (exact) mass is 504 g/mol. The first-order chi connectivity index (χ1) is 18.6. The summed E-state index contributed by atoms with van der Waals surface area (Å²) in [6.45, 7) is 4.10. The van der Waals surface area contributed by atoms with E-state index in [1.807, 2.05) is 48.5 Å². The second-order valence-electron chi connectivity index (χ2n) is 9.40. The number of azo groups is 1. The molecule has 6 nitrogen and oxygen atoms in total. The number of hydrogen-bond donors (Lipinski definition) is 1. The van der Waals surface area contributed by atoms with Crippen LogP contribution >= 0.6 is 0 Å². The summed E-state index contributed by atoms with van der Waals surface area (Å²) in [5, 5.41) is 8.56. The van der Waals surface area contributed by atoms with Gasteiger partial charge in [0.25, 0.3) is 0 Å². The Bertz CT molecular complexity index is 1370. The van der Waals surface area contributed by atoms with Crippen molar-refractivity contribution in [3.05, 3.63) is 108 Å². The largest absolute Gasteiger partial charge is 0.465 e. The van der Waals surface area contributed by atoms with Gasteiger partial charge in [-0.3, -0.25) is 4.79 Å². The molecule has 0 saturated carbocycles. The van der Waals surface area contributed by atoms with Crippen molar-refractivity contribution in [3.8, 4) is 11.1 Å². The summed E-state index contributed by atoms with van der Waals surface area (Å²) in [7, 11) is 0. The van der Waals surface area contributed by atoms with Gasteiger partial charge in [-0.1, -0.05) is 48.5 Å². The first-order valence-electron chi connectivity index (χ1n) is 13.1. The highest BCUT2D eigenvalue weighted by molar-refractivity contribution is 5.79. The number of anilines is 2. The lowest BCUT2D eigenvalue weighted by molar-refractivity contribution is -0.144. The third-order valence-corrected chi connectivity index (χ3v) is 6.95. The van der Waals surface area contributed by atoms with Crippen LogP contribution in [0.15, 0.2) is 107 Å². The first kappa shape index (κ1) is 25.2. The molecule has 0 atom stereocenters. The minimum Gasteiger partial charge on any atom is -0.465 e. The van der Waals surface area contributed by atoms with E-state index in [0.717, 1.165) is 36.6 Å². The van der Waals surface area contributed by atoms with Gasteiger partial charge in [0.15, 0.2) is 0 Å². The molecule has 0 fully saturated rings. The minimum atomic E-state index is -0.152. The number of fused-ring (bicyclic) bond motifs is 3. The smallest absolute Gasteiger partial charge is 0.305 e. The molecule has 6 heteroatoms. The standard InChI is InChI=1S/C32H32N4O2/c1-2-36(26-19-17-25(18-20-26)35-34-24-15-13-23(33)14-16-24)21-7-12-32(37)38-22-31-29-10-5-3-8-27(29)28-9-4-6-11-30(28)31/h3-6,8-11,13-20,31H,2,7,12,21-22,33H2,1H3. The van der Waals surface area contributed by atoms with Gasteiger partial charge in [-0.15, -0.1) is 0 Å². The third kappa shape index (κ3) is 5.75. The zero-order chi connectivity index (χ0) is 26.3. The lowest BCUT2D eigenvalue weighted by atomic mass is 9.98. The fourth-order valence-electron chi connectivity index (χ4n) is 4.96. The molecule has 0 bridgehead atoms. The van der Waals surface area contributed by atoms with Gasteiger partial charge in [-0.05, 0) is 84.1 Å².